The molecular formula is C20H28N2O3S2. The van der Waals surface area contributed by atoms with Crippen LogP contribution in [0.4, 0.5) is 5.69 Å². The third kappa shape index (κ3) is 5.56. The Hall–Kier alpha value is -1.86. The summed E-state index contributed by atoms with van der Waals surface area (Å²) >= 11 is 1.18. The minimum Gasteiger partial charge on any atom is -0.352 e. The van der Waals surface area contributed by atoms with Crippen molar-refractivity contribution in [3.8, 4) is 0 Å². The maximum Gasteiger partial charge on any atom is 0.273 e. The highest BCUT2D eigenvalue weighted by Crippen LogP contribution is 2.25. The standard InChI is InChI=1S/C20H28N2O3S2/c1-4-6-8-16(5-2)15-21-20(23)17-10-12-18(13-11-17)22(3)27(24,25)19-9-7-14-26-19/h7,9-14,16H,4-6,8,15H2,1-3H3,(H,21,23). The molecule has 0 aliphatic heterocycles. The average Bonchev–Trinajstić information content (AvgIpc) is 3.23. The number of carbonyl (C=O) groups excluding carboxylic acids is 1. The van der Waals surface area contributed by atoms with Crippen molar-refractivity contribution >= 4 is 33.0 Å². The van der Waals surface area contributed by atoms with Crippen LogP contribution >= 0.6 is 11.3 Å². The Morgan fingerprint density at radius 1 is 1.19 bits per heavy atom. The number of thiophene rings is 1. The number of rotatable bonds is 10. The molecule has 0 aliphatic carbocycles. The zero-order chi connectivity index (χ0) is 19.9. The molecule has 1 amide bonds. The van der Waals surface area contributed by atoms with Crippen molar-refractivity contribution in [3.63, 3.8) is 0 Å². The van der Waals surface area contributed by atoms with Crippen LogP contribution in [0, 0.1) is 5.92 Å². The third-order valence-electron chi connectivity index (χ3n) is 4.70. The second-order valence-corrected chi connectivity index (χ2v) is 9.72. The SMILES string of the molecule is CCCCC(CC)CNC(=O)c1ccc(N(C)S(=O)(=O)c2cccs2)cc1. The number of unbranched alkanes of at least 4 members (excludes halogenated alkanes) is 1. The largest absolute Gasteiger partial charge is 0.352 e. The van der Waals surface area contributed by atoms with Gasteiger partial charge >= 0.3 is 0 Å². The fourth-order valence-corrected chi connectivity index (χ4v) is 5.15. The number of nitrogens with one attached hydrogen (secondary N) is 1. The molecule has 27 heavy (non-hydrogen) atoms. The van der Waals surface area contributed by atoms with E-state index in [0.717, 1.165) is 19.3 Å². The molecule has 0 fully saturated rings. The lowest BCUT2D eigenvalue weighted by Gasteiger charge is -2.19. The van der Waals surface area contributed by atoms with Gasteiger partial charge in [0, 0.05) is 19.2 Å². The van der Waals surface area contributed by atoms with Gasteiger partial charge in [-0.3, -0.25) is 9.10 Å². The van der Waals surface area contributed by atoms with Crippen LogP contribution in [0.3, 0.4) is 0 Å². The van der Waals surface area contributed by atoms with Gasteiger partial charge < -0.3 is 5.32 Å². The second kappa shape index (κ2) is 9.90. The first-order valence-electron chi connectivity index (χ1n) is 9.30. The minimum absolute atomic E-state index is 0.125. The van der Waals surface area contributed by atoms with E-state index in [1.165, 1.54) is 29.1 Å². The van der Waals surface area contributed by atoms with Gasteiger partial charge in [-0.2, -0.15) is 0 Å². The molecule has 1 N–H and O–H groups in total. The zero-order valence-electron chi connectivity index (χ0n) is 16.1. The number of sulfonamides is 1. The third-order valence-corrected chi connectivity index (χ3v) is 7.86. The number of hydrogen-bond donors (Lipinski definition) is 1. The molecule has 2 rings (SSSR count). The Bertz CT molecular complexity index is 815. The summed E-state index contributed by atoms with van der Waals surface area (Å²) in [5, 5.41) is 4.73. The Kier molecular flexibility index (Phi) is 7.86. The maximum absolute atomic E-state index is 12.6. The number of hydrogen-bond acceptors (Lipinski definition) is 4. The highest BCUT2D eigenvalue weighted by molar-refractivity contribution is 7.94. The lowest BCUT2D eigenvalue weighted by molar-refractivity contribution is 0.0946. The van der Waals surface area contributed by atoms with Gasteiger partial charge in [-0.15, -0.1) is 11.3 Å². The molecule has 2 aromatic rings. The van der Waals surface area contributed by atoms with E-state index in [9.17, 15) is 13.2 Å². The summed E-state index contributed by atoms with van der Waals surface area (Å²) in [5.41, 5.74) is 1.06. The summed E-state index contributed by atoms with van der Waals surface area (Å²) in [5.74, 6) is 0.371. The number of benzene rings is 1. The molecule has 1 unspecified atom stereocenters. The Balaban J connectivity index is 2.01. The van der Waals surface area contributed by atoms with E-state index < -0.39 is 10.0 Å². The van der Waals surface area contributed by atoms with Gasteiger partial charge in [0.25, 0.3) is 15.9 Å². The minimum atomic E-state index is -3.56. The van der Waals surface area contributed by atoms with Crippen molar-refractivity contribution in [1.29, 1.82) is 0 Å². The van der Waals surface area contributed by atoms with Gasteiger partial charge in [0.1, 0.15) is 4.21 Å². The molecule has 148 valence electrons. The summed E-state index contributed by atoms with van der Waals surface area (Å²) in [6, 6.07) is 9.95. The van der Waals surface area contributed by atoms with Crippen LogP contribution in [0.25, 0.3) is 0 Å². The number of anilines is 1. The number of carbonyl (C=O) groups is 1. The quantitative estimate of drug-likeness (QED) is 0.628. The molecule has 1 aromatic carbocycles. The predicted octanol–water partition coefficient (Wildman–Crippen LogP) is 4.52. The molecule has 1 heterocycles. The van der Waals surface area contributed by atoms with Crippen LogP contribution in [0.2, 0.25) is 0 Å². The maximum atomic E-state index is 12.6. The van der Waals surface area contributed by atoms with Gasteiger partial charge in [-0.05, 0) is 48.1 Å². The second-order valence-electron chi connectivity index (χ2n) is 6.58. The van der Waals surface area contributed by atoms with E-state index in [0.29, 0.717) is 27.9 Å². The average molecular weight is 409 g/mol. The van der Waals surface area contributed by atoms with E-state index >= 15 is 0 Å². The first-order chi connectivity index (χ1) is 12.9. The molecule has 0 saturated carbocycles. The van der Waals surface area contributed by atoms with Crippen molar-refractivity contribution in [2.75, 3.05) is 17.9 Å². The van der Waals surface area contributed by atoms with Gasteiger partial charge in [-0.25, -0.2) is 8.42 Å². The van der Waals surface area contributed by atoms with Crippen LogP contribution in [0.1, 0.15) is 49.9 Å². The van der Waals surface area contributed by atoms with E-state index in [1.54, 1.807) is 41.8 Å². The number of nitrogens with zero attached hydrogens (tertiary/aromatic N) is 1. The van der Waals surface area contributed by atoms with Gasteiger partial charge in [0.15, 0.2) is 0 Å². The Morgan fingerprint density at radius 3 is 2.44 bits per heavy atom. The monoisotopic (exact) mass is 408 g/mol. The van der Waals surface area contributed by atoms with Crippen LogP contribution in [-0.4, -0.2) is 27.9 Å². The molecule has 0 saturated heterocycles. The van der Waals surface area contributed by atoms with Gasteiger partial charge in [0.2, 0.25) is 0 Å². The van der Waals surface area contributed by atoms with Crippen LogP contribution in [0.15, 0.2) is 46.0 Å². The Morgan fingerprint density at radius 2 is 1.89 bits per heavy atom. The van der Waals surface area contributed by atoms with Crippen molar-refractivity contribution in [3.05, 3.63) is 47.3 Å². The van der Waals surface area contributed by atoms with Gasteiger partial charge in [-0.1, -0.05) is 39.2 Å². The van der Waals surface area contributed by atoms with Crippen LogP contribution in [-0.2, 0) is 10.0 Å². The molecule has 7 heteroatoms. The fourth-order valence-electron chi connectivity index (χ4n) is 2.79. The lowest BCUT2D eigenvalue weighted by Crippen LogP contribution is -2.29. The fraction of sp³-hybridized carbons (Fsp3) is 0.450. The number of amides is 1. The van der Waals surface area contributed by atoms with E-state index in [4.69, 9.17) is 0 Å². The smallest absolute Gasteiger partial charge is 0.273 e. The van der Waals surface area contributed by atoms with Crippen molar-refractivity contribution < 1.29 is 13.2 Å². The highest BCUT2D eigenvalue weighted by atomic mass is 32.2. The van der Waals surface area contributed by atoms with E-state index in [2.05, 4.69) is 19.2 Å². The first-order valence-corrected chi connectivity index (χ1v) is 11.6. The summed E-state index contributed by atoms with van der Waals surface area (Å²) in [7, 11) is -2.05. The van der Waals surface area contributed by atoms with E-state index in [-0.39, 0.29) is 5.91 Å². The molecule has 1 aromatic heterocycles. The Labute approximate surface area is 166 Å². The molecule has 0 bridgehead atoms. The zero-order valence-corrected chi connectivity index (χ0v) is 17.8. The van der Waals surface area contributed by atoms with Crippen molar-refractivity contribution in [1.82, 2.24) is 5.32 Å². The molecule has 0 radical (unpaired) electrons. The first kappa shape index (κ1) is 21.4. The summed E-state index contributed by atoms with van der Waals surface area (Å²) in [6.07, 6.45) is 4.50. The summed E-state index contributed by atoms with van der Waals surface area (Å²) in [4.78, 5) is 12.4. The molecule has 0 spiro atoms. The predicted molar refractivity (Wildman–Crippen MR) is 112 cm³/mol. The van der Waals surface area contributed by atoms with Crippen LogP contribution < -0.4 is 9.62 Å². The van der Waals surface area contributed by atoms with Crippen molar-refractivity contribution in [2.24, 2.45) is 5.92 Å². The molecule has 1 atom stereocenters. The van der Waals surface area contributed by atoms with Gasteiger partial charge in [0.05, 0.1) is 5.69 Å². The lowest BCUT2D eigenvalue weighted by atomic mass is 9.99. The highest BCUT2D eigenvalue weighted by Gasteiger charge is 2.22. The van der Waals surface area contributed by atoms with E-state index in [1.807, 2.05) is 0 Å². The normalized spacial score (nSPS) is 12.6. The summed E-state index contributed by atoms with van der Waals surface area (Å²) in [6.45, 7) is 4.98. The topological polar surface area (TPSA) is 66.5 Å². The molecule has 0 aliphatic rings. The summed E-state index contributed by atoms with van der Waals surface area (Å²) < 4.78 is 26.7. The molecular weight excluding hydrogens is 380 g/mol. The van der Waals surface area contributed by atoms with Crippen LogP contribution in [0.5, 0.6) is 0 Å². The molecule has 5 nitrogen and oxygen atoms in total. The van der Waals surface area contributed by atoms with Crippen molar-refractivity contribution in [2.45, 2.75) is 43.7 Å².